The first kappa shape index (κ1) is 10.5. The van der Waals surface area contributed by atoms with Crippen LogP contribution in [0.4, 0.5) is 0 Å². The van der Waals surface area contributed by atoms with E-state index in [0.717, 1.165) is 14.9 Å². The number of esters is 1. The van der Waals surface area contributed by atoms with Crippen LogP contribution in [0.1, 0.15) is 11.8 Å². The quantitative estimate of drug-likeness (QED) is 0.604. The van der Waals surface area contributed by atoms with Gasteiger partial charge in [0.25, 0.3) is 0 Å². The third kappa shape index (κ3) is 2.97. The Bertz CT molecular complexity index is 341. The van der Waals surface area contributed by atoms with Crippen LogP contribution in [0, 0.1) is 0 Å². The maximum atomic E-state index is 10.9. The monoisotopic (exact) mass is 260 g/mol. The summed E-state index contributed by atoms with van der Waals surface area (Å²) < 4.78 is 5.56. The Kier molecular flexibility index (Phi) is 3.69. The topological polar surface area (TPSA) is 26.3 Å². The molecule has 0 aliphatic carbocycles. The highest BCUT2D eigenvalue weighted by Gasteiger charge is 2.02. The lowest BCUT2D eigenvalue weighted by Crippen LogP contribution is -1.94. The molecule has 0 bridgehead atoms. The van der Waals surface area contributed by atoms with Crippen LogP contribution in [0.15, 0.2) is 22.0 Å². The van der Waals surface area contributed by atoms with E-state index in [-0.39, 0.29) is 5.97 Å². The molecule has 2 nitrogen and oxygen atoms in total. The van der Waals surface area contributed by atoms with Gasteiger partial charge in [-0.1, -0.05) is 0 Å². The highest BCUT2D eigenvalue weighted by molar-refractivity contribution is 9.10. The minimum Gasteiger partial charge on any atom is -0.466 e. The molecule has 0 saturated heterocycles. The Morgan fingerprint density at radius 3 is 2.85 bits per heavy atom. The molecule has 0 unspecified atom stereocenters. The maximum Gasteiger partial charge on any atom is 0.330 e. The Labute approximate surface area is 89.3 Å². The summed E-state index contributed by atoms with van der Waals surface area (Å²) in [6.45, 7) is 1.88. The fraction of sp³-hybridized carbons (Fsp3) is 0.222. The van der Waals surface area contributed by atoms with Crippen LogP contribution in [0.2, 0.25) is 0 Å². The molecular weight excluding hydrogens is 252 g/mol. The molecule has 0 aromatic carbocycles. The molecule has 4 heteroatoms. The van der Waals surface area contributed by atoms with Gasteiger partial charge in [0.15, 0.2) is 0 Å². The number of halogens is 1. The summed E-state index contributed by atoms with van der Waals surface area (Å²) in [5, 5.41) is 1.98. The third-order valence-corrected chi connectivity index (χ3v) is 3.32. The largest absolute Gasteiger partial charge is 0.466 e. The lowest BCUT2D eigenvalue weighted by Gasteiger charge is -1.95. The standard InChI is InChI=1S/C9H9BrO2S/c1-6(3-9(11)12-2)8-4-7(10)5-13-8/h3-5H,1-2H3/b6-3-. The van der Waals surface area contributed by atoms with E-state index in [1.165, 1.54) is 13.2 Å². The molecule has 13 heavy (non-hydrogen) atoms. The van der Waals surface area contributed by atoms with E-state index in [1.807, 2.05) is 18.4 Å². The molecule has 1 rings (SSSR count). The minimum absolute atomic E-state index is 0.318. The second kappa shape index (κ2) is 4.58. The van der Waals surface area contributed by atoms with Gasteiger partial charge in [-0.25, -0.2) is 4.79 Å². The molecular formula is C9H9BrO2S. The zero-order chi connectivity index (χ0) is 9.84. The van der Waals surface area contributed by atoms with Crippen molar-refractivity contribution in [1.82, 2.24) is 0 Å². The van der Waals surface area contributed by atoms with Crippen LogP contribution in [-0.4, -0.2) is 13.1 Å². The number of thiophene rings is 1. The van der Waals surface area contributed by atoms with Crippen molar-refractivity contribution < 1.29 is 9.53 Å². The van der Waals surface area contributed by atoms with Crippen molar-refractivity contribution in [3.8, 4) is 0 Å². The van der Waals surface area contributed by atoms with Gasteiger partial charge < -0.3 is 4.74 Å². The molecule has 0 aliphatic rings. The number of carbonyl (C=O) groups is 1. The van der Waals surface area contributed by atoms with E-state index in [9.17, 15) is 4.79 Å². The number of allylic oxidation sites excluding steroid dienone is 1. The average Bonchev–Trinajstić information content (AvgIpc) is 2.51. The van der Waals surface area contributed by atoms with E-state index in [1.54, 1.807) is 11.3 Å². The maximum absolute atomic E-state index is 10.9. The molecule has 1 aromatic heterocycles. The lowest BCUT2D eigenvalue weighted by molar-refractivity contribution is -0.134. The minimum atomic E-state index is -0.318. The third-order valence-electron chi connectivity index (χ3n) is 1.49. The molecule has 0 saturated carbocycles. The Hall–Kier alpha value is -0.610. The smallest absolute Gasteiger partial charge is 0.330 e. The van der Waals surface area contributed by atoms with Crippen molar-refractivity contribution in [3.05, 3.63) is 26.9 Å². The Morgan fingerprint density at radius 2 is 2.38 bits per heavy atom. The van der Waals surface area contributed by atoms with Crippen molar-refractivity contribution in [2.24, 2.45) is 0 Å². The number of rotatable bonds is 2. The summed E-state index contributed by atoms with van der Waals surface area (Å²) in [4.78, 5) is 12.0. The lowest BCUT2D eigenvalue weighted by atomic mass is 10.2. The van der Waals surface area contributed by atoms with Gasteiger partial charge in [-0.15, -0.1) is 11.3 Å². The first-order valence-corrected chi connectivity index (χ1v) is 5.31. The van der Waals surface area contributed by atoms with Crippen molar-refractivity contribution >= 4 is 38.8 Å². The van der Waals surface area contributed by atoms with Crippen molar-refractivity contribution in [2.75, 3.05) is 7.11 Å². The second-order valence-electron chi connectivity index (χ2n) is 2.48. The van der Waals surface area contributed by atoms with E-state index in [2.05, 4.69) is 20.7 Å². The van der Waals surface area contributed by atoms with Crippen LogP contribution in [-0.2, 0) is 9.53 Å². The average molecular weight is 261 g/mol. The predicted molar refractivity (Wildman–Crippen MR) is 57.7 cm³/mol. The molecule has 0 fully saturated rings. The summed E-state index contributed by atoms with van der Waals surface area (Å²) in [5.41, 5.74) is 0.919. The van der Waals surface area contributed by atoms with Gasteiger partial charge in [0, 0.05) is 20.8 Å². The van der Waals surface area contributed by atoms with Gasteiger partial charge in [-0.05, 0) is 34.5 Å². The zero-order valence-electron chi connectivity index (χ0n) is 7.33. The zero-order valence-corrected chi connectivity index (χ0v) is 9.74. The van der Waals surface area contributed by atoms with Gasteiger partial charge in [0.2, 0.25) is 0 Å². The SMILES string of the molecule is COC(=O)/C=C(/C)c1cc(Br)cs1. The van der Waals surface area contributed by atoms with Crippen LogP contribution in [0.25, 0.3) is 5.57 Å². The number of methoxy groups -OCH3 is 1. The summed E-state index contributed by atoms with van der Waals surface area (Å²) in [6, 6.07) is 1.97. The van der Waals surface area contributed by atoms with E-state index in [4.69, 9.17) is 0 Å². The first-order chi connectivity index (χ1) is 6.13. The van der Waals surface area contributed by atoms with Crippen molar-refractivity contribution in [1.29, 1.82) is 0 Å². The Morgan fingerprint density at radius 1 is 1.69 bits per heavy atom. The number of carbonyl (C=O) groups excluding carboxylic acids is 1. The predicted octanol–water partition coefficient (Wildman–Crippen LogP) is 3.09. The number of hydrogen-bond acceptors (Lipinski definition) is 3. The summed E-state index contributed by atoms with van der Waals surface area (Å²) >= 11 is 4.94. The van der Waals surface area contributed by atoms with Crippen LogP contribution >= 0.6 is 27.3 Å². The fourth-order valence-corrected chi connectivity index (χ4v) is 2.23. The molecule has 0 aliphatic heterocycles. The molecule has 0 radical (unpaired) electrons. The molecule has 70 valence electrons. The van der Waals surface area contributed by atoms with Crippen molar-refractivity contribution in [3.63, 3.8) is 0 Å². The van der Waals surface area contributed by atoms with Crippen LogP contribution in [0.3, 0.4) is 0 Å². The van der Waals surface area contributed by atoms with E-state index in [0.29, 0.717) is 0 Å². The Balaban J connectivity index is 2.84. The number of ether oxygens (including phenoxy) is 1. The van der Waals surface area contributed by atoms with Gasteiger partial charge in [-0.3, -0.25) is 0 Å². The molecule has 0 spiro atoms. The highest BCUT2D eigenvalue weighted by Crippen LogP contribution is 2.25. The normalized spacial score (nSPS) is 11.5. The van der Waals surface area contributed by atoms with Crippen LogP contribution < -0.4 is 0 Å². The fourth-order valence-electron chi connectivity index (χ4n) is 0.827. The van der Waals surface area contributed by atoms with Gasteiger partial charge in [-0.2, -0.15) is 0 Å². The van der Waals surface area contributed by atoms with Gasteiger partial charge in [0.05, 0.1) is 7.11 Å². The molecule has 1 heterocycles. The summed E-state index contributed by atoms with van der Waals surface area (Å²) in [7, 11) is 1.37. The van der Waals surface area contributed by atoms with Crippen molar-refractivity contribution in [2.45, 2.75) is 6.92 Å². The van der Waals surface area contributed by atoms with Crippen LogP contribution in [0.5, 0.6) is 0 Å². The summed E-state index contributed by atoms with van der Waals surface area (Å²) in [5.74, 6) is -0.318. The van der Waals surface area contributed by atoms with E-state index >= 15 is 0 Å². The molecule has 0 N–H and O–H groups in total. The second-order valence-corrected chi connectivity index (χ2v) is 4.31. The van der Waals surface area contributed by atoms with E-state index < -0.39 is 0 Å². The molecule has 0 atom stereocenters. The molecule has 0 amide bonds. The van der Waals surface area contributed by atoms with Gasteiger partial charge >= 0.3 is 5.97 Å². The molecule has 1 aromatic rings. The first-order valence-electron chi connectivity index (χ1n) is 3.64. The van der Waals surface area contributed by atoms with Gasteiger partial charge in [0.1, 0.15) is 0 Å². The highest BCUT2D eigenvalue weighted by atomic mass is 79.9. The summed E-state index contributed by atoms with van der Waals surface area (Å²) in [6.07, 6.45) is 1.48. The number of hydrogen-bond donors (Lipinski definition) is 0.